The Balaban J connectivity index is 1.97. The Morgan fingerprint density at radius 2 is 2.19 bits per heavy atom. The quantitative estimate of drug-likeness (QED) is 0.888. The van der Waals surface area contributed by atoms with Crippen LogP contribution in [0.15, 0.2) is 30.8 Å². The molecule has 0 saturated carbocycles. The Kier molecular flexibility index (Phi) is 2.95. The average Bonchev–Trinajstić information content (AvgIpc) is 2.86. The predicted molar refractivity (Wildman–Crippen MR) is 86.0 cm³/mol. The molecule has 4 rings (SSSR count). The van der Waals surface area contributed by atoms with Crippen LogP contribution in [-0.2, 0) is 0 Å². The first-order valence-electron chi connectivity index (χ1n) is 7.83. The van der Waals surface area contributed by atoms with Crippen molar-refractivity contribution in [2.45, 2.75) is 18.9 Å². The molecule has 3 heteroatoms. The fourth-order valence-electron chi connectivity index (χ4n) is 4.53. The highest BCUT2D eigenvalue weighted by molar-refractivity contribution is 5.91. The van der Waals surface area contributed by atoms with Crippen LogP contribution in [0.25, 0.3) is 16.5 Å². The second kappa shape index (κ2) is 4.72. The topological polar surface area (TPSA) is 39.3 Å². The number of aromatic nitrogens is 1. The second-order valence-corrected chi connectivity index (χ2v) is 6.48. The van der Waals surface area contributed by atoms with Gasteiger partial charge in [-0.3, -0.25) is 4.90 Å². The molecule has 2 aromatic rings. The minimum atomic E-state index is 0.260. The highest BCUT2D eigenvalue weighted by atomic mass is 16.3. The third kappa shape index (κ3) is 1.74. The average molecular weight is 282 g/mol. The number of fused-ring (bicyclic) bond motifs is 6. The van der Waals surface area contributed by atoms with Gasteiger partial charge in [-0.25, -0.2) is 0 Å². The van der Waals surface area contributed by atoms with Crippen molar-refractivity contribution in [3.05, 3.63) is 42.1 Å². The van der Waals surface area contributed by atoms with E-state index in [0.717, 1.165) is 19.4 Å². The number of H-pyrrole nitrogens is 1. The van der Waals surface area contributed by atoms with Crippen molar-refractivity contribution >= 4 is 16.5 Å². The summed E-state index contributed by atoms with van der Waals surface area (Å²) in [5.41, 5.74) is 5.08. The van der Waals surface area contributed by atoms with Crippen LogP contribution in [0, 0.1) is 11.8 Å². The Morgan fingerprint density at radius 3 is 3.00 bits per heavy atom. The molecule has 1 saturated heterocycles. The molecule has 3 atom stereocenters. The summed E-state index contributed by atoms with van der Waals surface area (Å²) in [6, 6.07) is 8.93. The van der Waals surface area contributed by atoms with E-state index in [4.69, 9.17) is 0 Å². The molecule has 1 unspecified atom stereocenters. The van der Waals surface area contributed by atoms with Crippen molar-refractivity contribution in [3.8, 4) is 0 Å². The first-order valence-corrected chi connectivity index (χ1v) is 7.83. The molecule has 2 N–H and O–H groups in total. The van der Waals surface area contributed by atoms with Crippen molar-refractivity contribution < 1.29 is 5.11 Å². The lowest BCUT2D eigenvalue weighted by Gasteiger charge is -2.48. The standard InChI is InChI=1S/C18H22N2O/c1-11-12-7-9-20(2)18(13(12)8-10-21)16-14-5-3-4-6-15(14)19-17(11)16/h3-6,12-13,18-19,21H,1,7-10H2,2H3/t12-,13?,18-/m1/s1. The molecule has 2 heterocycles. The highest BCUT2D eigenvalue weighted by Crippen LogP contribution is 2.53. The summed E-state index contributed by atoms with van der Waals surface area (Å²) in [6.45, 7) is 5.76. The molecule has 1 fully saturated rings. The third-order valence-corrected chi connectivity index (χ3v) is 5.46. The minimum absolute atomic E-state index is 0.260. The summed E-state index contributed by atoms with van der Waals surface area (Å²) in [5.74, 6) is 0.979. The van der Waals surface area contributed by atoms with Gasteiger partial charge in [0.1, 0.15) is 0 Å². The van der Waals surface area contributed by atoms with Crippen LogP contribution in [0.4, 0.5) is 0 Å². The number of benzene rings is 1. The summed E-state index contributed by atoms with van der Waals surface area (Å²) in [7, 11) is 2.21. The van der Waals surface area contributed by atoms with Crippen molar-refractivity contribution in [1.82, 2.24) is 9.88 Å². The number of hydrogen-bond donors (Lipinski definition) is 2. The van der Waals surface area contributed by atoms with E-state index in [2.05, 4.69) is 47.8 Å². The van der Waals surface area contributed by atoms with Gasteiger partial charge in [-0.05, 0) is 49.9 Å². The van der Waals surface area contributed by atoms with Crippen molar-refractivity contribution in [2.24, 2.45) is 11.8 Å². The summed E-state index contributed by atoms with van der Waals surface area (Å²) < 4.78 is 0. The van der Waals surface area contributed by atoms with Gasteiger partial charge in [-0.1, -0.05) is 24.8 Å². The largest absolute Gasteiger partial charge is 0.396 e. The molecule has 2 bridgehead atoms. The Bertz CT molecular complexity index is 702. The number of hydrogen-bond acceptors (Lipinski definition) is 2. The number of aliphatic hydroxyl groups is 1. The van der Waals surface area contributed by atoms with Crippen LogP contribution in [0.2, 0.25) is 0 Å². The lowest BCUT2D eigenvalue weighted by atomic mass is 9.66. The molecule has 3 nitrogen and oxygen atoms in total. The molecule has 0 spiro atoms. The van der Waals surface area contributed by atoms with Crippen molar-refractivity contribution in [3.63, 3.8) is 0 Å². The number of nitrogens with one attached hydrogen (secondary N) is 1. The number of piperidine rings is 1. The maximum Gasteiger partial charge on any atom is 0.0469 e. The van der Waals surface area contributed by atoms with Crippen molar-refractivity contribution in [1.29, 1.82) is 0 Å². The van der Waals surface area contributed by atoms with E-state index >= 15 is 0 Å². The molecule has 0 amide bonds. The minimum Gasteiger partial charge on any atom is -0.396 e. The zero-order valence-corrected chi connectivity index (χ0v) is 12.5. The number of aliphatic hydroxyl groups excluding tert-OH is 1. The van der Waals surface area contributed by atoms with E-state index in [1.807, 2.05) is 0 Å². The third-order valence-electron chi connectivity index (χ3n) is 5.46. The van der Waals surface area contributed by atoms with Gasteiger partial charge in [-0.2, -0.15) is 0 Å². The Morgan fingerprint density at radius 1 is 1.38 bits per heavy atom. The molecule has 1 aromatic heterocycles. The maximum absolute atomic E-state index is 9.50. The van der Waals surface area contributed by atoms with Gasteiger partial charge in [0.25, 0.3) is 0 Å². The van der Waals surface area contributed by atoms with Crippen LogP contribution in [0.1, 0.15) is 30.1 Å². The monoisotopic (exact) mass is 282 g/mol. The molecule has 110 valence electrons. The molecule has 1 aliphatic carbocycles. The van der Waals surface area contributed by atoms with E-state index in [1.54, 1.807) is 0 Å². The SMILES string of the molecule is C=C1c2[nH]c3ccccc3c2[C@H]2C(CCO)[C@@H]1CCN2C. The van der Waals surface area contributed by atoms with E-state index < -0.39 is 0 Å². The van der Waals surface area contributed by atoms with E-state index in [0.29, 0.717) is 17.9 Å². The molecular weight excluding hydrogens is 260 g/mol. The van der Waals surface area contributed by atoms with Crippen LogP contribution >= 0.6 is 0 Å². The van der Waals surface area contributed by atoms with E-state index in [-0.39, 0.29) is 6.61 Å². The second-order valence-electron chi connectivity index (χ2n) is 6.48. The Hall–Kier alpha value is -1.58. The van der Waals surface area contributed by atoms with Crippen molar-refractivity contribution in [2.75, 3.05) is 20.2 Å². The van der Waals surface area contributed by atoms with Crippen LogP contribution < -0.4 is 0 Å². The first-order chi connectivity index (χ1) is 10.2. The molecule has 1 aliphatic heterocycles. The number of rotatable bonds is 2. The Labute approximate surface area is 125 Å². The van der Waals surface area contributed by atoms with Crippen LogP contribution in [-0.4, -0.2) is 35.2 Å². The van der Waals surface area contributed by atoms with Gasteiger partial charge in [0, 0.05) is 34.8 Å². The molecule has 21 heavy (non-hydrogen) atoms. The summed E-state index contributed by atoms with van der Waals surface area (Å²) in [6.07, 6.45) is 2.00. The smallest absolute Gasteiger partial charge is 0.0469 e. The summed E-state index contributed by atoms with van der Waals surface area (Å²) in [4.78, 5) is 6.05. The van der Waals surface area contributed by atoms with Gasteiger partial charge >= 0.3 is 0 Å². The fraction of sp³-hybridized carbons (Fsp3) is 0.444. The van der Waals surface area contributed by atoms with E-state index in [1.165, 1.54) is 27.7 Å². The predicted octanol–water partition coefficient (Wildman–Crippen LogP) is 3.19. The number of nitrogens with zero attached hydrogens (tertiary/aromatic N) is 1. The molecular formula is C18H22N2O. The normalized spacial score (nSPS) is 28.9. The number of para-hydroxylation sites is 1. The summed E-state index contributed by atoms with van der Waals surface area (Å²) in [5, 5.41) is 10.8. The van der Waals surface area contributed by atoms with Gasteiger partial charge < -0.3 is 10.1 Å². The number of aromatic amines is 1. The fourth-order valence-corrected chi connectivity index (χ4v) is 4.53. The molecule has 0 radical (unpaired) electrons. The maximum atomic E-state index is 9.50. The number of likely N-dealkylation sites (tertiary alicyclic amines) is 1. The summed E-state index contributed by atoms with van der Waals surface area (Å²) >= 11 is 0. The highest BCUT2D eigenvalue weighted by Gasteiger charge is 2.45. The van der Waals surface area contributed by atoms with Gasteiger partial charge in [0.2, 0.25) is 0 Å². The zero-order chi connectivity index (χ0) is 14.6. The van der Waals surface area contributed by atoms with Gasteiger partial charge in [0.15, 0.2) is 0 Å². The number of allylic oxidation sites excluding steroid dienone is 1. The van der Waals surface area contributed by atoms with Crippen LogP contribution in [0.5, 0.6) is 0 Å². The lowest BCUT2D eigenvalue weighted by Crippen LogP contribution is -2.44. The van der Waals surface area contributed by atoms with E-state index in [9.17, 15) is 5.11 Å². The lowest BCUT2D eigenvalue weighted by molar-refractivity contribution is 0.0678. The first kappa shape index (κ1) is 13.1. The van der Waals surface area contributed by atoms with Gasteiger partial charge in [-0.15, -0.1) is 0 Å². The molecule has 2 aliphatic rings. The van der Waals surface area contributed by atoms with Gasteiger partial charge in [0.05, 0.1) is 0 Å². The zero-order valence-electron chi connectivity index (χ0n) is 12.5. The molecule has 1 aromatic carbocycles. The van der Waals surface area contributed by atoms with Crippen LogP contribution in [0.3, 0.4) is 0 Å².